The molecule has 0 radical (unpaired) electrons. The summed E-state index contributed by atoms with van der Waals surface area (Å²) in [6.07, 6.45) is 5.74. The van der Waals surface area contributed by atoms with Crippen LogP contribution >= 0.6 is 0 Å². The van der Waals surface area contributed by atoms with Gasteiger partial charge in [-0.15, -0.1) is 0 Å². The van der Waals surface area contributed by atoms with E-state index in [-0.39, 0.29) is 0 Å². The fraction of sp³-hybridized carbons (Fsp3) is 1.00. The molecule has 1 fully saturated rings. The van der Waals surface area contributed by atoms with Crippen molar-refractivity contribution < 1.29 is 0 Å². The number of hydrogen-bond donors (Lipinski definition) is 2. The van der Waals surface area contributed by atoms with Crippen molar-refractivity contribution in [3.8, 4) is 0 Å². The molecule has 1 saturated carbocycles. The van der Waals surface area contributed by atoms with Crippen LogP contribution in [0.15, 0.2) is 0 Å². The predicted octanol–water partition coefficient (Wildman–Crippen LogP) is 2.40. The molecule has 0 amide bonds. The average molecular weight is 212 g/mol. The van der Waals surface area contributed by atoms with Gasteiger partial charge in [-0.25, -0.2) is 0 Å². The van der Waals surface area contributed by atoms with Crippen molar-refractivity contribution in [2.45, 2.75) is 52.5 Å². The van der Waals surface area contributed by atoms with Gasteiger partial charge in [-0.3, -0.25) is 0 Å². The van der Waals surface area contributed by atoms with Crippen LogP contribution in [-0.4, -0.2) is 25.7 Å². The number of nitrogens with one attached hydrogen (secondary N) is 2. The maximum atomic E-state index is 3.64. The summed E-state index contributed by atoms with van der Waals surface area (Å²) in [6.45, 7) is 10.2. The second-order valence-corrected chi connectivity index (χ2v) is 5.24. The van der Waals surface area contributed by atoms with E-state index >= 15 is 0 Å². The molecule has 15 heavy (non-hydrogen) atoms. The Morgan fingerprint density at radius 1 is 1.20 bits per heavy atom. The molecule has 2 nitrogen and oxygen atoms in total. The lowest BCUT2D eigenvalue weighted by molar-refractivity contribution is 0.275. The normalized spacial score (nSPS) is 29.0. The van der Waals surface area contributed by atoms with Gasteiger partial charge in [0.15, 0.2) is 0 Å². The van der Waals surface area contributed by atoms with Gasteiger partial charge >= 0.3 is 0 Å². The zero-order valence-corrected chi connectivity index (χ0v) is 10.7. The van der Waals surface area contributed by atoms with Crippen molar-refractivity contribution in [3.05, 3.63) is 0 Å². The average Bonchev–Trinajstić information content (AvgIpc) is 2.25. The molecule has 0 heterocycles. The maximum absolute atomic E-state index is 3.64. The zero-order chi connectivity index (χ0) is 11.1. The third kappa shape index (κ3) is 5.53. The summed E-state index contributed by atoms with van der Waals surface area (Å²) in [6, 6.07) is 0.615. The van der Waals surface area contributed by atoms with E-state index < -0.39 is 0 Å². The van der Waals surface area contributed by atoms with Crippen LogP contribution in [0, 0.1) is 11.8 Å². The lowest BCUT2D eigenvalue weighted by Crippen LogP contribution is -2.39. The summed E-state index contributed by atoms with van der Waals surface area (Å²) in [5, 5.41) is 7.02. The molecule has 0 aliphatic heterocycles. The van der Waals surface area contributed by atoms with Crippen LogP contribution < -0.4 is 10.6 Å². The third-order valence-corrected chi connectivity index (χ3v) is 3.59. The molecule has 0 aromatic carbocycles. The standard InChI is InChI=1S/C13H28N2/c1-4-14-9-12(3)15-10-13-7-5-11(2)6-8-13/h11-15H,4-10H2,1-3H3. The molecule has 90 valence electrons. The summed E-state index contributed by atoms with van der Waals surface area (Å²) in [4.78, 5) is 0. The minimum atomic E-state index is 0.615. The Morgan fingerprint density at radius 3 is 2.47 bits per heavy atom. The van der Waals surface area contributed by atoms with E-state index in [4.69, 9.17) is 0 Å². The van der Waals surface area contributed by atoms with Gasteiger partial charge in [0.2, 0.25) is 0 Å². The predicted molar refractivity (Wildman–Crippen MR) is 67.1 cm³/mol. The van der Waals surface area contributed by atoms with Crippen molar-refractivity contribution in [2.24, 2.45) is 11.8 Å². The molecule has 0 aromatic rings. The van der Waals surface area contributed by atoms with Crippen LogP contribution in [0.2, 0.25) is 0 Å². The Kier molecular flexibility index (Phi) is 6.26. The third-order valence-electron chi connectivity index (χ3n) is 3.59. The molecular weight excluding hydrogens is 184 g/mol. The zero-order valence-electron chi connectivity index (χ0n) is 10.7. The molecule has 0 aromatic heterocycles. The highest BCUT2D eigenvalue weighted by atomic mass is 15.0. The fourth-order valence-electron chi connectivity index (χ4n) is 2.33. The van der Waals surface area contributed by atoms with Gasteiger partial charge in [-0.1, -0.05) is 26.7 Å². The lowest BCUT2D eigenvalue weighted by Gasteiger charge is -2.27. The topological polar surface area (TPSA) is 24.1 Å². The number of rotatable bonds is 6. The molecule has 1 rings (SSSR count). The summed E-state index contributed by atoms with van der Waals surface area (Å²) >= 11 is 0. The summed E-state index contributed by atoms with van der Waals surface area (Å²) in [5.74, 6) is 1.91. The molecule has 2 heteroatoms. The second kappa shape index (κ2) is 7.24. The van der Waals surface area contributed by atoms with E-state index in [2.05, 4.69) is 31.4 Å². The number of hydrogen-bond acceptors (Lipinski definition) is 2. The number of likely N-dealkylation sites (N-methyl/N-ethyl adjacent to an activating group) is 1. The highest BCUT2D eigenvalue weighted by Crippen LogP contribution is 2.27. The first-order valence-corrected chi connectivity index (χ1v) is 6.66. The Bertz CT molecular complexity index is 151. The van der Waals surface area contributed by atoms with Crippen molar-refractivity contribution >= 4 is 0 Å². The van der Waals surface area contributed by atoms with Gasteiger partial charge in [0.05, 0.1) is 0 Å². The van der Waals surface area contributed by atoms with Crippen LogP contribution in [0.5, 0.6) is 0 Å². The van der Waals surface area contributed by atoms with E-state index in [1.165, 1.54) is 32.2 Å². The van der Waals surface area contributed by atoms with Crippen LogP contribution in [0.3, 0.4) is 0 Å². The van der Waals surface area contributed by atoms with E-state index in [0.717, 1.165) is 24.9 Å². The van der Waals surface area contributed by atoms with Gasteiger partial charge < -0.3 is 10.6 Å². The fourth-order valence-corrected chi connectivity index (χ4v) is 2.33. The molecule has 2 N–H and O–H groups in total. The first kappa shape index (κ1) is 13.0. The smallest absolute Gasteiger partial charge is 0.0164 e. The Balaban J connectivity index is 2.04. The van der Waals surface area contributed by atoms with Gasteiger partial charge in [0.25, 0.3) is 0 Å². The Labute approximate surface area is 95.2 Å². The summed E-state index contributed by atoms with van der Waals surface area (Å²) in [5.41, 5.74) is 0. The highest BCUT2D eigenvalue weighted by Gasteiger charge is 2.18. The summed E-state index contributed by atoms with van der Waals surface area (Å²) < 4.78 is 0. The largest absolute Gasteiger partial charge is 0.315 e. The first-order chi connectivity index (χ1) is 7.22. The van der Waals surface area contributed by atoms with Crippen LogP contribution in [-0.2, 0) is 0 Å². The molecule has 1 aliphatic carbocycles. The quantitative estimate of drug-likeness (QED) is 0.706. The van der Waals surface area contributed by atoms with Gasteiger partial charge in [-0.05, 0) is 44.7 Å². The Hall–Kier alpha value is -0.0800. The van der Waals surface area contributed by atoms with Crippen LogP contribution in [0.25, 0.3) is 0 Å². The first-order valence-electron chi connectivity index (χ1n) is 6.66. The van der Waals surface area contributed by atoms with Crippen molar-refractivity contribution in [1.29, 1.82) is 0 Å². The highest BCUT2D eigenvalue weighted by molar-refractivity contribution is 4.73. The van der Waals surface area contributed by atoms with Crippen molar-refractivity contribution in [2.75, 3.05) is 19.6 Å². The van der Waals surface area contributed by atoms with Gasteiger partial charge in [-0.2, -0.15) is 0 Å². The van der Waals surface area contributed by atoms with Gasteiger partial charge in [0.1, 0.15) is 0 Å². The van der Waals surface area contributed by atoms with Crippen molar-refractivity contribution in [1.82, 2.24) is 10.6 Å². The molecule has 0 bridgehead atoms. The van der Waals surface area contributed by atoms with E-state index in [0.29, 0.717) is 6.04 Å². The minimum Gasteiger partial charge on any atom is -0.315 e. The summed E-state index contributed by atoms with van der Waals surface area (Å²) in [7, 11) is 0. The van der Waals surface area contributed by atoms with Gasteiger partial charge in [0, 0.05) is 12.6 Å². The van der Waals surface area contributed by atoms with Crippen LogP contribution in [0.1, 0.15) is 46.5 Å². The Morgan fingerprint density at radius 2 is 1.87 bits per heavy atom. The van der Waals surface area contributed by atoms with E-state index in [1.807, 2.05) is 0 Å². The minimum absolute atomic E-state index is 0.615. The monoisotopic (exact) mass is 212 g/mol. The SMILES string of the molecule is CCNCC(C)NCC1CCC(C)CC1. The molecule has 1 atom stereocenters. The molecule has 1 aliphatic rings. The van der Waals surface area contributed by atoms with E-state index in [9.17, 15) is 0 Å². The maximum Gasteiger partial charge on any atom is 0.0164 e. The van der Waals surface area contributed by atoms with Crippen molar-refractivity contribution in [3.63, 3.8) is 0 Å². The van der Waals surface area contributed by atoms with E-state index in [1.54, 1.807) is 0 Å². The molecular formula is C13H28N2. The second-order valence-electron chi connectivity index (χ2n) is 5.24. The molecule has 1 unspecified atom stereocenters. The molecule has 0 spiro atoms. The lowest BCUT2D eigenvalue weighted by atomic mass is 9.83. The molecule has 0 saturated heterocycles. The van der Waals surface area contributed by atoms with Crippen LogP contribution in [0.4, 0.5) is 0 Å².